The van der Waals surface area contributed by atoms with Crippen LogP contribution in [0, 0.1) is 0 Å². The minimum atomic E-state index is -0.229. The molecule has 24 heavy (non-hydrogen) atoms. The van der Waals surface area contributed by atoms with E-state index in [4.69, 9.17) is 16.3 Å². The summed E-state index contributed by atoms with van der Waals surface area (Å²) in [5.41, 5.74) is 1.39. The van der Waals surface area contributed by atoms with Gasteiger partial charge in [-0.1, -0.05) is 17.7 Å². The third-order valence-corrected chi connectivity index (χ3v) is 4.45. The number of rotatable bonds is 5. The monoisotopic (exact) mass is 358 g/mol. The number of pyridine rings is 1. The molecule has 0 fully saturated rings. The highest BCUT2D eigenvalue weighted by Crippen LogP contribution is 2.29. The molecule has 1 amide bonds. The Hall–Kier alpha value is -2.24. The number of thioether (sulfide) groups is 1. The van der Waals surface area contributed by atoms with Gasteiger partial charge >= 0.3 is 0 Å². The topological polar surface area (TPSA) is 51.2 Å². The van der Waals surface area contributed by atoms with Crippen molar-refractivity contribution in [1.29, 1.82) is 0 Å². The molecular weight excluding hydrogens is 344 g/mol. The lowest BCUT2D eigenvalue weighted by molar-refractivity contribution is -0.118. The molecular formula is C18H15ClN2O2S. The van der Waals surface area contributed by atoms with Crippen LogP contribution in [0.1, 0.15) is 0 Å². The molecule has 0 unspecified atom stereocenters. The fourth-order valence-corrected chi connectivity index (χ4v) is 2.94. The van der Waals surface area contributed by atoms with E-state index in [1.165, 1.54) is 0 Å². The Kier molecular flexibility index (Phi) is 5.23. The van der Waals surface area contributed by atoms with Gasteiger partial charge in [0.05, 0.1) is 5.02 Å². The summed E-state index contributed by atoms with van der Waals surface area (Å²) in [5, 5.41) is 4.22. The number of halogens is 1. The number of anilines is 1. The van der Waals surface area contributed by atoms with Crippen LogP contribution in [0.3, 0.4) is 0 Å². The summed E-state index contributed by atoms with van der Waals surface area (Å²) < 4.78 is 5.63. The SMILES string of the molecule is CSc1cccc(NC(=O)COc2ccc(Cl)c3cccnc23)c1. The second kappa shape index (κ2) is 7.55. The van der Waals surface area contributed by atoms with Crippen molar-refractivity contribution in [3.63, 3.8) is 0 Å². The van der Waals surface area contributed by atoms with Gasteiger partial charge in [0.15, 0.2) is 6.61 Å². The van der Waals surface area contributed by atoms with Gasteiger partial charge in [-0.25, -0.2) is 0 Å². The van der Waals surface area contributed by atoms with Crippen molar-refractivity contribution in [1.82, 2.24) is 4.98 Å². The van der Waals surface area contributed by atoms with E-state index in [2.05, 4.69) is 10.3 Å². The zero-order chi connectivity index (χ0) is 16.9. The van der Waals surface area contributed by atoms with E-state index in [-0.39, 0.29) is 12.5 Å². The molecule has 3 aromatic rings. The quantitative estimate of drug-likeness (QED) is 0.676. The smallest absolute Gasteiger partial charge is 0.262 e. The van der Waals surface area contributed by atoms with E-state index in [1.54, 1.807) is 30.1 Å². The zero-order valence-electron chi connectivity index (χ0n) is 13.0. The number of fused-ring (bicyclic) bond motifs is 1. The van der Waals surface area contributed by atoms with Crippen LogP contribution >= 0.6 is 23.4 Å². The van der Waals surface area contributed by atoms with Crippen LogP contribution in [0.5, 0.6) is 5.75 Å². The first-order chi connectivity index (χ1) is 11.7. The number of aromatic nitrogens is 1. The van der Waals surface area contributed by atoms with E-state index in [0.717, 1.165) is 16.0 Å². The Labute approximate surface area is 149 Å². The molecule has 0 radical (unpaired) electrons. The number of hydrogen-bond donors (Lipinski definition) is 1. The normalized spacial score (nSPS) is 10.6. The molecule has 6 heteroatoms. The predicted molar refractivity (Wildman–Crippen MR) is 99.1 cm³/mol. The number of benzene rings is 2. The van der Waals surface area contributed by atoms with Crippen LogP contribution in [0.2, 0.25) is 5.02 Å². The Morgan fingerprint density at radius 2 is 2.12 bits per heavy atom. The summed E-state index contributed by atoms with van der Waals surface area (Å²) in [7, 11) is 0. The van der Waals surface area contributed by atoms with Crippen LogP contribution in [-0.4, -0.2) is 23.8 Å². The largest absolute Gasteiger partial charge is 0.481 e. The lowest BCUT2D eigenvalue weighted by atomic mass is 10.2. The van der Waals surface area contributed by atoms with Crippen molar-refractivity contribution in [2.24, 2.45) is 0 Å². The van der Waals surface area contributed by atoms with Crippen LogP contribution in [-0.2, 0) is 4.79 Å². The number of ether oxygens (including phenoxy) is 1. The number of carbonyl (C=O) groups is 1. The van der Waals surface area contributed by atoms with Crippen molar-refractivity contribution in [2.75, 3.05) is 18.2 Å². The predicted octanol–water partition coefficient (Wildman–Crippen LogP) is 4.63. The fraction of sp³-hybridized carbons (Fsp3) is 0.111. The second-order valence-corrected chi connectivity index (χ2v) is 6.30. The van der Waals surface area contributed by atoms with Gasteiger partial charge in [-0.3, -0.25) is 9.78 Å². The van der Waals surface area contributed by atoms with Crippen molar-refractivity contribution in [2.45, 2.75) is 4.90 Å². The van der Waals surface area contributed by atoms with Gasteiger partial charge in [0.2, 0.25) is 0 Å². The van der Waals surface area contributed by atoms with E-state index in [1.807, 2.05) is 42.7 Å². The standard InChI is InChI=1S/C18H15ClN2O2S/c1-24-13-5-2-4-12(10-13)21-17(22)11-23-16-8-7-15(19)14-6-3-9-20-18(14)16/h2-10H,11H2,1H3,(H,21,22). The first kappa shape index (κ1) is 16.6. The first-order valence-electron chi connectivity index (χ1n) is 7.27. The Balaban J connectivity index is 1.69. The molecule has 0 saturated carbocycles. The summed E-state index contributed by atoms with van der Waals surface area (Å²) in [6.07, 6.45) is 3.65. The molecule has 0 aliphatic rings. The van der Waals surface area contributed by atoms with Gasteiger partial charge in [-0.2, -0.15) is 0 Å². The molecule has 0 atom stereocenters. The molecule has 0 spiro atoms. The van der Waals surface area contributed by atoms with Crippen LogP contribution in [0.4, 0.5) is 5.69 Å². The lowest BCUT2D eigenvalue weighted by Crippen LogP contribution is -2.20. The van der Waals surface area contributed by atoms with E-state index < -0.39 is 0 Å². The average molecular weight is 359 g/mol. The van der Waals surface area contributed by atoms with Crippen LogP contribution < -0.4 is 10.1 Å². The Bertz CT molecular complexity index is 886. The highest BCUT2D eigenvalue weighted by Gasteiger charge is 2.09. The third-order valence-electron chi connectivity index (χ3n) is 3.39. The average Bonchev–Trinajstić information content (AvgIpc) is 2.61. The summed E-state index contributed by atoms with van der Waals surface area (Å²) >= 11 is 7.77. The fourth-order valence-electron chi connectivity index (χ4n) is 2.27. The zero-order valence-corrected chi connectivity index (χ0v) is 14.5. The molecule has 2 aromatic carbocycles. The summed E-state index contributed by atoms with van der Waals surface area (Å²) in [5.74, 6) is 0.301. The number of nitrogens with zero attached hydrogens (tertiary/aromatic N) is 1. The maximum atomic E-state index is 12.1. The minimum absolute atomic E-state index is 0.100. The van der Waals surface area contributed by atoms with Crippen LogP contribution in [0.25, 0.3) is 10.9 Å². The van der Waals surface area contributed by atoms with Gasteiger partial charge in [-0.05, 0) is 48.7 Å². The lowest BCUT2D eigenvalue weighted by Gasteiger charge is -2.10. The van der Waals surface area contributed by atoms with Gasteiger partial charge < -0.3 is 10.1 Å². The molecule has 0 aliphatic carbocycles. The number of nitrogens with one attached hydrogen (secondary N) is 1. The van der Waals surface area contributed by atoms with Gasteiger partial charge in [0.25, 0.3) is 5.91 Å². The van der Waals surface area contributed by atoms with Gasteiger partial charge in [0.1, 0.15) is 11.3 Å². The third kappa shape index (κ3) is 3.80. The maximum absolute atomic E-state index is 12.1. The van der Waals surface area contributed by atoms with Crippen molar-refractivity contribution < 1.29 is 9.53 Å². The van der Waals surface area contributed by atoms with Gasteiger partial charge in [0, 0.05) is 22.2 Å². The molecule has 1 N–H and O–H groups in total. The molecule has 4 nitrogen and oxygen atoms in total. The Morgan fingerprint density at radius 1 is 1.25 bits per heavy atom. The minimum Gasteiger partial charge on any atom is -0.481 e. The molecule has 0 aliphatic heterocycles. The van der Waals surface area contributed by atoms with Crippen molar-refractivity contribution >= 4 is 45.9 Å². The summed E-state index contributed by atoms with van der Waals surface area (Å²) in [4.78, 5) is 17.5. The molecule has 1 heterocycles. The van der Waals surface area contributed by atoms with E-state index in [0.29, 0.717) is 16.3 Å². The van der Waals surface area contributed by atoms with Crippen LogP contribution in [0.15, 0.2) is 59.6 Å². The van der Waals surface area contributed by atoms with Gasteiger partial charge in [-0.15, -0.1) is 11.8 Å². The summed E-state index contributed by atoms with van der Waals surface area (Å²) in [6.45, 7) is -0.100. The van der Waals surface area contributed by atoms with Crippen molar-refractivity contribution in [3.05, 3.63) is 59.8 Å². The van der Waals surface area contributed by atoms with Crippen molar-refractivity contribution in [3.8, 4) is 5.75 Å². The first-order valence-corrected chi connectivity index (χ1v) is 8.87. The number of amides is 1. The molecule has 122 valence electrons. The molecule has 0 bridgehead atoms. The number of carbonyl (C=O) groups excluding carboxylic acids is 1. The maximum Gasteiger partial charge on any atom is 0.262 e. The molecule has 1 aromatic heterocycles. The van der Waals surface area contributed by atoms with E-state index in [9.17, 15) is 4.79 Å². The Morgan fingerprint density at radius 3 is 2.96 bits per heavy atom. The second-order valence-electron chi connectivity index (χ2n) is 5.01. The molecule has 0 saturated heterocycles. The summed E-state index contributed by atoms with van der Waals surface area (Å²) in [6, 6.07) is 14.8. The highest BCUT2D eigenvalue weighted by atomic mass is 35.5. The number of hydrogen-bond acceptors (Lipinski definition) is 4. The van der Waals surface area contributed by atoms with E-state index >= 15 is 0 Å². The molecule has 3 rings (SSSR count). The highest BCUT2D eigenvalue weighted by molar-refractivity contribution is 7.98.